The number of nitrogens with zero attached hydrogens (tertiary/aromatic N) is 1. The molecule has 9 nitrogen and oxygen atoms in total. The van der Waals surface area contributed by atoms with E-state index in [1.165, 1.54) is 4.90 Å². The van der Waals surface area contributed by atoms with Gasteiger partial charge in [0.2, 0.25) is 5.91 Å². The standard InChI is InChI=1S/C21H29F3N2O7/c1-30-8-9-31-10-11-32-12-13-33-17-6-7-26(14-17)19(27)18(25-20(28)29)15-2-4-16(5-3-15)21(22,23)24/h2-5,17-18,25H,6-14H2,1H3,(H,28,29)/t17-,18?/m0/s1. The van der Waals surface area contributed by atoms with Crippen LogP contribution in [0.4, 0.5) is 18.0 Å². The van der Waals surface area contributed by atoms with Crippen LogP contribution in [0.5, 0.6) is 0 Å². The first kappa shape index (κ1) is 26.8. The van der Waals surface area contributed by atoms with Crippen LogP contribution in [-0.2, 0) is 29.9 Å². The van der Waals surface area contributed by atoms with E-state index in [0.717, 1.165) is 24.3 Å². The van der Waals surface area contributed by atoms with E-state index in [1.54, 1.807) is 7.11 Å². The minimum atomic E-state index is -4.53. The fraction of sp³-hybridized carbons (Fsp3) is 0.619. The monoisotopic (exact) mass is 478 g/mol. The topological polar surface area (TPSA) is 107 Å². The van der Waals surface area contributed by atoms with E-state index in [1.807, 2.05) is 0 Å². The number of benzene rings is 1. The summed E-state index contributed by atoms with van der Waals surface area (Å²) < 4.78 is 59.6. The Kier molecular flexibility index (Phi) is 10.8. The normalized spacial score (nSPS) is 17.2. The molecule has 33 heavy (non-hydrogen) atoms. The largest absolute Gasteiger partial charge is 0.465 e. The number of methoxy groups -OCH3 is 1. The van der Waals surface area contributed by atoms with Gasteiger partial charge in [-0.2, -0.15) is 13.2 Å². The average molecular weight is 478 g/mol. The number of carbonyl (C=O) groups excluding carboxylic acids is 1. The highest BCUT2D eigenvalue weighted by atomic mass is 19.4. The minimum absolute atomic E-state index is 0.126. The predicted octanol–water partition coefficient (Wildman–Crippen LogP) is 2.31. The van der Waals surface area contributed by atoms with Crippen molar-refractivity contribution < 1.29 is 46.8 Å². The Morgan fingerprint density at radius 2 is 1.70 bits per heavy atom. The zero-order chi connectivity index (χ0) is 24.3. The lowest BCUT2D eigenvalue weighted by molar-refractivity contribution is -0.137. The van der Waals surface area contributed by atoms with Crippen LogP contribution in [0.3, 0.4) is 0 Å². The smallest absolute Gasteiger partial charge is 0.416 e. The molecule has 1 aliphatic rings. The van der Waals surface area contributed by atoms with Crippen molar-refractivity contribution in [2.24, 2.45) is 0 Å². The van der Waals surface area contributed by atoms with Crippen LogP contribution in [-0.4, -0.2) is 88.0 Å². The number of carbonyl (C=O) groups is 2. The van der Waals surface area contributed by atoms with Crippen molar-refractivity contribution >= 4 is 12.0 Å². The lowest BCUT2D eigenvalue weighted by Crippen LogP contribution is -2.42. The van der Waals surface area contributed by atoms with Gasteiger partial charge in [0.1, 0.15) is 6.04 Å². The first-order valence-electron chi connectivity index (χ1n) is 10.4. The summed E-state index contributed by atoms with van der Waals surface area (Å²) in [5, 5.41) is 11.2. The summed E-state index contributed by atoms with van der Waals surface area (Å²) in [6.07, 6.45) is -5.67. The number of halogens is 3. The summed E-state index contributed by atoms with van der Waals surface area (Å²) in [5.41, 5.74) is -0.757. The zero-order valence-corrected chi connectivity index (χ0v) is 18.3. The summed E-state index contributed by atoms with van der Waals surface area (Å²) in [6, 6.07) is 2.52. The average Bonchev–Trinajstić information content (AvgIpc) is 3.24. The molecule has 0 aliphatic carbocycles. The molecule has 1 aromatic rings. The molecule has 0 spiro atoms. The molecule has 0 aromatic heterocycles. The van der Waals surface area contributed by atoms with Crippen LogP contribution in [0.1, 0.15) is 23.6 Å². The second-order valence-electron chi connectivity index (χ2n) is 7.29. The number of rotatable bonds is 13. The van der Waals surface area contributed by atoms with Crippen molar-refractivity contribution in [2.75, 3.05) is 59.8 Å². The van der Waals surface area contributed by atoms with Crippen LogP contribution in [0.2, 0.25) is 0 Å². The molecule has 1 aliphatic heterocycles. The van der Waals surface area contributed by atoms with Crippen LogP contribution >= 0.6 is 0 Å². The van der Waals surface area contributed by atoms with Crippen molar-refractivity contribution in [3.05, 3.63) is 35.4 Å². The summed E-state index contributed by atoms with van der Waals surface area (Å²) >= 11 is 0. The van der Waals surface area contributed by atoms with Gasteiger partial charge in [-0.05, 0) is 24.1 Å². The summed E-state index contributed by atoms with van der Waals surface area (Å²) in [4.78, 5) is 25.5. The number of alkyl halides is 3. The van der Waals surface area contributed by atoms with Crippen LogP contribution in [0.15, 0.2) is 24.3 Å². The third kappa shape index (κ3) is 9.16. The fourth-order valence-corrected chi connectivity index (χ4v) is 3.26. The highest BCUT2D eigenvalue weighted by Crippen LogP contribution is 2.30. The minimum Gasteiger partial charge on any atom is -0.465 e. The Morgan fingerprint density at radius 3 is 2.27 bits per heavy atom. The second-order valence-corrected chi connectivity index (χ2v) is 7.29. The van der Waals surface area contributed by atoms with Gasteiger partial charge in [0.15, 0.2) is 0 Å². The summed E-state index contributed by atoms with van der Waals surface area (Å²) in [7, 11) is 1.59. The van der Waals surface area contributed by atoms with E-state index >= 15 is 0 Å². The van der Waals surface area contributed by atoms with Gasteiger partial charge < -0.3 is 34.3 Å². The molecule has 1 saturated heterocycles. The van der Waals surface area contributed by atoms with Crippen molar-refractivity contribution in [2.45, 2.75) is 24.7 Å². The van der Waals surface area contributed by atoms with Gasteiger partial charge in [-0.3, -0.25) is 4.79 Å². The molecule has 2 rings (SSSR count). The van der Waals surface area contributed by atoms with Crippen molar-refractivity contribution in [1.82, 2.24) is 10.2 Å². The van der Waals surface area contributed by atoms with Crippen molar-refractivity contribution in [3.63, 3.8) is 0 Å². The van der Waals surface area contributed by atoms with Gasteiger partial charge in [-0.1, -0.05) is 12.1 Å². The Bertz CT molecular complexity index is 746. The van der Waals surface area contributed by atoms with Gasteiger partial charge >= 0.3 is 12.3 Å². The highest BCUT2D eigenvalue weighted by molar-refractivity contribution is 5.86. The lowest BCUT2D eigenvalue weighted by atomic mass is 10.0. The molecule has 12 heteroatoms. The molecule has 1 aromatic carbocycles. The molecule has 0 radical (unpaired) electrons. The fourth-order valence-electron chi connectivity index (χ4n) is 3.26. The van der Waals surface area contributed by atoms with Crippen molar-refractivity contribution in [1.29, 1.82) is 0 Å². The molecule has 1 heterocycles. The van der Waals surface area contributed by atoms with Gasteiger partial charge in [0.05, 0.1) is 51.3 Å². The van der Waals surface area contributed by atoms with Gasteiger partial charge in [0, 0.05) is 20.2 Å². The summed E-state index contributed by atoms with van der Waals surface area (Å²) in [5.74, 6) is -0.548. The number of hydrogen-bond acceptors (Lipinski definition) is 6. The lowest BCUT2D eigenvalue weighted by Gasteiger charge is -2.24. The van der Waals surface area contributed by atoms with Gasteiger partial charge in [-0.25, -0.2) is 4.79 Å². The van der Waals surface area contributed by atoms with E-state index in [0.29, 0.717) is 52.6 Å². The second kappa shape index (κ2) is 13.3. The number of likely N-dealkylation sites (tertiary alicyclic amines) is 1. The number of amides is 2. The van der Waals surface area contributed by atoms with Gasteiger partial charge in [0.25, 0.3) is 0 Å². The number of ether oxygens (including phenoxy) is 4. The van der Waals surface area contributed by atoms with Crippen LogP contribution < -0.4 is 5.32 Å². The predicted molar refractivity (Wildman–Crippen MR) is 110 cm³/mol. The van der Waals surface area contributed by atoms with E-state index in [9.17, 15) is 22.8 Å². The Labute approximate surface area is 189 Å². The molecule has 2 amide bonds. The molecule has 2 atom stereocenters. The van der Waals surface area contributed by atoms with E-state index in [4.69, 9.17) is 24.1 Å². The molecule has 186 valence electrons. The van der Waals surface area contributed by atoms with Crippen LogP contribution in [0, 0.1) is 0 Å². The van der Waals surface area contributed by atoms with E-state index in [2.05, 4.69) is 5.32 Å². The van der Waals surface area contributed by atoms with Crippen molar-refractivity contribution in [3.8, 4) is 0 Å². The first-order valence-corrected chi connectivity index (χ1v) is 10.4. The maximum absolute atomic E-state index is 12.9. The zero-order valence-electron chi connectivity index (χ0n) is 18.3. The molecule has 0 saturated carbocycles. The quantitative estimate of drug-likeness (QED) is 0.419. The highest BCUT2D eigenvalue weighted by Gasteiger charge is 2.34. The molecular formula is C21H29F3N2O7. The van der Waals surface area contributed by atoms with E-state index in [-0.39, 0.29) is 18.2 Å². The maximum Gasteiger partial charge on any atom is 0.416 e. The van der Waals surface area contributed by atoms with Crippen LogP contribution in [0.25, 0.3) is 0 Å². The number of carboxylic acid groups (broad SMARTS) is 1. The Hall–Kier alpha value is -2.41. The Morgan fingerprint density at radius 1 is 1.09 bits per heavy atom. The molecule has 2 N–H and O–H groups in total. The molecule has 1 unspecified atom stereocenters. The first-order chi connectivity index (χ1) is 15.7. The van der Waals surface area contributed by atoms with Gasteiger partial charge in [-0.15, -0.1) is 0 Å². The number of nitrogens with one attached hydrogen (secondary N) is 1. The third-order valence-electron chi connectivity index (χ3n) is 4.93. The maximum atomic E-state index is 12.9. The molecule has 0 bridgehead atoms. The number of hydrogen-bond donors (Lipinski definition) is 2. The third-order valence-corrected chi connectivity index (χ3v) is 4.93. The SMILES string of the molecule is COCCOCCOCCO[C@H]1CCN(C(=O)C(NC(=O)O)c2ccc(C(F)(F)F)cc2)C1. The molecule has 1 fully saturated rings. The van der Waals surface area contributed by atoms with E-state index < -0.39 is 29.8 Å². The molecular weight excluding hydrogens is 449 g/mol. The summed E-state index contributed by atoms with van der Waals surface area (Å²) in [6.45, 7) is 3.13. The Balaban J connectivity index is 1.81.